The molecule has 1 aliphatic carbocycles. The molecule has 164 valence electrons. The maximum absolute atomic E-state index is 11.8. The maximum Gasteiger partial charge on any atom is 0.282 e. The van der Waals surface area contributed by atoms with Crippen LogP contribution in [0, 0.1) is 0 Å². The minimum atomic E-state index is -2.61. The summed E-state index contributed by atoms with van der Waals surface area (Å²) >= 11 is 12.4. The third kappa shape index (κ3) is 4.70. The van der Waals surface area contributed by atoms with Gasteiger partial charge in [0.25, 0.3) is 5.92 Å². The minimum Gasteiger partial charge on any atom is -0.398 e. The summed E-state index contributed by atoms with van der Waals surface area (Å²) in [6.07, 6.45) is 6.72. The van der Waals surface area contributed by atoms with Crippen molar-refractivity contribution in [3.63, 3.8) is 0 Å². The van der Waals surface area contributed by atoms with Crippen LogP contribution in [0.3, 0.4) is 0 Å². The first-order valence-electron chi connectivity index (χ1n) is 9.65. The molecule has 1 amide bonds. The van der Waals surface area contributed by atoms with Crippen molar-refractivity contribution in [2.45, 2.75) is 36.5 Å². The minimum absolute atomic E-state index is 0.406. The van der Waals surface area contributed by atoms with Crippen molar-refractivity contribution in [3.05, 3.63) is 33.9 Å². The number of nitrogen functional groups attached to an aromatic ring is 1. The highest BCUT2D eigenvalue weighted by Gasteiger charge is 2.43. The highest BCUT2D eigenvalue weighted by Crippen LogP contribution is 2.40. The number of carbonyl (C=O) groups is 1. The van der Waals surface area contributed by atoms with Gasteiger partial charge in [-0.05, 0) is 43.4 Å². The predicted octanol–water partition coefficient (Wildman–Crippen LogP) is 4.93. The fourth-order valence-corrected chi connectivity index (χ4v) is 5.25. The van der Waals surface area contributed by atoms with Gasteiger partial charge in [0, 0.05) is 15.5 Å². The van der Waals surface area contributed by atoms with E-state index in [1.165, 1.54) is 23.3 Å². The largest absolute Gasteiger partial charge is 0.398 e. The van der Waals surface area contributed by atoms with Gasteiger partial charge in [-0.25, -0.2) is 18.7 Å². The molecule has 1 fully saturated rings. The number of thiol groups is 1. The van der Waals surface area contributed by atoms with E-state index in [9.17, 15) is 13.6 Å². The van der Waals surface area contributed by atoms with Crippen molar-refractivity contribution < 1.29 is 13.6 Å². The summed E-state index contributed by atoms with van der Waals surface area (Å²) < 4.78 is 23.5. The van der Waals surface area contributed by atoms with Gasteiger partial charge in [-0.2, -0.15) is 0 Å². The van der Waals surface area contributed by atoms with E-state index < -0.39 is 19.0 Å². The number of nitrogens with one attached hydrogen (secondary N) is 1. The molecule has 0 atom stereocenters. The van der Waals surface area contributed by atoms with E-state index in [-0.39, 0.29) is 0 Å². The Kier molecular flexibility index (Phi) is 6.23. The number of rotatable bonds is 3. The number of likely N-dealkylation sites (tertiary alicyclic amines) is 1. The monoisotopic (exact) mass is 483 g/mol. The SMILES string of the molecule is Nc1cc(Cl)c(Nc2ncnc3sc4c(c23)CCCC4)cc1S.O=CN1CC(F)(F)C1. The number of thiophene rings is 1. The second-order valence-electron chi connectivity index (χ2n) is 7.50. The fraction of sp³-hybridized carbons (Fsp3) is 0.350. The second-order valence-corrected chi connectivity index (χ2v) is 9.47. The normalized spacial score (nSPS) is 16.7. The summed E-state index contributed by atoms with van der Waals surface area (Å²) in [4.78, 5) is 22.7. The number of nitrogens with zero attached hydrogens (tertiary/aromatic N) is 3. The number of fused-ring (bicyclic) bond motifs is 3. The number of anilines is 3. The Bertz CT molecular complexity index is 1130. The van der Waals surface area contributed by atoms with Crippen LogP contribution in [0.25, 0.3) is 10.2 Å². The lowest BCUT2D eigenvalue weighted by Crippen LogP contribution is -2.55. The van der Waals surface area contributed by atoms with E-state index in [0.717, 1.165) is 39.5 Å². The third-order valence-electron chi connectivity index (χ3n) is 5.14. The van der Waals surface area contributed by atoms with Crippen LogP contribution < -0.4 is 11.1 Å². The molecule has 3 N–H and O–H groups in total. The van der Waals surface area contributed by atoms with Crippen LogP contribution in [0.2, 0.25) is 5.02 Å². The van der Waals surface area contributed by atoms with Gasteiger partial charge in [0.05, 0.1) is 29.2 Å². The van der Waals surface area contributed by atoms with Gasteiger partial charge >= 0.3 is 0 Å². The summed E-state index contributed by atoms with van der Waals surface area (Å²) in [7, 11) is 0. The Morgan fingerprint density at radius 3 is 2.68 bits per heavy atom. The average Bonchev–Trinajstić information content (AvgIpc) is 3.10. The molecule has 0 radical (unpaired) electrons. The van der Waals surface area contributed by atoms with Crippen LogP contribution in [0.1, 0.15) is 23.3 Å². The number of amides is 1. The second kappa shape index (κ2) is 8.76. The highest BCUT2D eigenvalue weighted by atomic mass is 35.5. The fourth-order valence-electron chi connectivity index (χ4n) is 3.61. The van der Waals surface area contributed by atoms with E-state index in [1.54, 1.807) is 23.7 Å². The molecule has 11 heteroatoms. The van der Waals surface area contributed by atoms with Crippen LogP contribution in [-0.2, 0) is 17.6 Å². The number of hydrogen-bond donors (Lipinski definition) is 3. The first-order chi connectivity index (χ1) is 14.8. The zero-order chi connectivity index (χ0) is 22.2. The van der Waals surface area contributed by atoms with Crippen molar-refractivity contribution >= 4 is 69.4 Å². The molecule has 31 heavy (non-hydrogen) atoms. The molecular formula is C20H20ClF2N5OS2. The van der Waals surface area contributed by atoms with Crippen molar-refractivity contribution in [2.75, 3.05) is 24.1 Å². The van der Waals surface area contributed by atoms with Gasteiger partial charge in [-0.3, -0.25) is 4.79 Å². The molecule has 1 saturated heterocycles. The summed E-state index contributed by atoms with van der Waals surface area (Å²) in [6.45, 7) is -0.812. The summed E-state index contributed by atoms with van der Waals surface area (Å²) in [5.74, 6) is -1.81. The van der Waals surface area contributed by atoms with Crippen molar-refractivity contribution in [1.29, 1.82) is 0 Å². The number of carbonyl (C=O) groups excluding carboxylic acids is 1. The van der Waals surface area contributed by atoms with Crippen molar-refractivity contribution in [3.8, 4) is 0 Å². The topological polar surface area (TPSA) is 84.1 Å². The highest BCUT2D eigenvalue weighted by molar-refractivity contribution is 7.80. The first-order valence-corrected chi connectivity index (χ1v) is 11.3. The molecule has 2 aliphatic rings. The third-order valence-corrected chi connectivity index (χ3v) is 7.04. The van der Waals surface area contributed by atoms with E-state index in [1.807, 2.05) is 6.07 Å². The Balaban J connectivity index is 0.000000245. The molecule has 0 spiro atoms. The molecular weight excluding hydrogens is 464 g/mol. The molecule has 6 nitrogen and oxygen atoms in total. The zero-order valence-electron chi connectivity index (χ0n) is 16.4. The molecule has 5 rings (SSSR count). The van der Waals surface area contributed by atoms with Crippen molar-refractivity contribution in [2.24, 2.45) is 0 Å². The molecule has 0 unspecified atom stereocenters. The van der Waals surface area contributed by atoms with E-state index in [0.29, 0.717) is 22.0 Å². The molecule has 0 bridgehead atoms. The number of aryl methyl sites for hydroxylation is 2. The zero-order valence-corrected chi connectivity index (χ0v) is 18.8. The van der Waals surface area contributed by atoms with Crippen molar-refractivity contribution in [1.82, 2.24) is 14.9 Å². The Morgan fingerprint density at radius 1 is 1.26 bits per heavy atom. The molecule has 1 aromatic carbocycles. The summed E-state index contributed by atoms with van der Waals surface area (Å²) in [6, 6.07) is 3.53. The number of halogens is 3. The van der Waals surface area contributed by atoms with Crippen LogP contribution in [0.4, 0.5) is 26.0 Å². The van der Waals surface area contributed by atoms with Gasteiger partial charge in [0.1, 0.15) is 17.0 Å². The molecule has 3 heterocycles. The predicted molar refractivity (Wildman–Crippen MR) is 123 cm³/mol. The first kappa shape index (κ1) is 22.0. The Morgan fingerprint density at radius 2 is 2.00 bits per heavy atom. The average molecular weight is 484 g/mol. The number of benzene rings is 1. The summed E-state index contributed by atoms with van der Waals surface area (Å²) in [5, 5.41) is 5.02. The lowest BCUT2D eigenvalue weighted by atomic mass is 9.97. The van der Waals surface area contributed by atoms with Crippen LogP contribution >= 0.6 is 35.6 Å². The van der Waals surface area contributed by atoms with Crippen LogP contribution in [-0.4, -0.2) is 40.3 Å². The van der Waals surface area contributed by atoms with Gasteiger partial charge < -0.3 is 16.0 Å². The number of hydrogen-bond acceptors (Lipinski definition) is 7. The molecule has 3 aromatic rings. The van der Waals surface area contributed by atoms with Gasteiger partial charge in [-0.15, -0.1) is 24.0 Å². The molecule has 0 saturated carbocycles. The molecule has 1 aliphatic heterocycles. The quantitative estimate of drug-likeness (QED) is 0.279. The Labute approximate surface area is 192 Å². The van der Waals surface area contributed by atoms with E-state index in [4.69, 9.17) is 17.3 Å². The van der Waals surface area contributed by atoms with Gasteiger partial charge in [0.2, 0.25) is 6.41 Å². The lowest BCUT2D eigenvalue weighted by Gasteiger charge is -2.35. The number of alkyl halides is 2. The lowest BCUT2D eigenvalue weighted by molar-refractivity contribution is -0.153. The maximum atomic E-state index is 11.8. The number of aromatic nitrogens is 2. The van der Waals surface area contributed by atoms with Crippen LogP contribution in [0.15, 0.2) is 23.4 Å². The van der Waals surface area contributed by atoms with E-state index >= 15 is 0 Å². The van der Waals surface area contributed by atoms with Gasteiger partial charge in [-0.1, -0.05) is 11.6 Å². The van der Waals surface area contributed by atoms with Gasteiger partial charge in [0.15, 0.2) is 0 Å². The smallest absolute Gasteiger partial charge is 0.282 e. The van der Waals surface area contributed by atoms with E-state index in [2.05, 4.69) is 27.9 Å². The number of nitrogens with two attached hydrogens (primary N) is 1. The summed E-state index contributed by atoms with van der Waals surface area (Å²) in [5.41, 5.74) is 8.53. The standard InChI is InChI=1S/C16H15ClN4S2.C4H5F2NO/c17-9-5-10(18)12(22)6-11(9)21-15-14-8-3-1-2-4-13(8)23-16(14)20-7-19-15;5-4(6)1-7(2-4)3-8/h5-7,22H,1-4,18H2,(H,19,20,21);3H,1-2H2. The van der Waals surface area contributed by atoms with Crippen LogP contribution in [0.5, 0.6) is 0 Å². The Hall–Kier alpha value is -2.17. The molecule has 2 aromatic heterocycles.